The maximum atomic E-state index is 13.1. The Hall–Kier alpha value is -2.66. The topological polar surface area (TPSA) is 66.8 Å². The lowest BCUT2D eigenvalue weighted by molar-refractivity contribution is -0.140. The number of nitrogens with zero attached hydrogens (tertiary/aromatic N) is 1. The molecule has 25 heavy (non-hydrogen) atoms. The molecule has 2 aromatic carbocycles. The van der Waals surface area contributed by atoms with E-state index in [-0.39, 0.29) is 5.91 Å². The summed E-state index contributed by atoms with van der Waals surface area (Å²) in [5, 5.41) is 9.97. The Morgan fingerprint density at radius 2 is 1.76 bits per heavy atom. The average molecular weight is 339 g/mol. The molecule has 5 nitrogen and oxygen atoms in total. The molecule has 130 valence electrons. The first-order chi connectivity index (χ1) is 12.1. The van der Waals surface area contributed by atoms with Gasteiger partial charge in [0, 0.05) is 19.2 Å². The van der Waals surface area contributed by atoms with Crippen molar-refractivity contribution in [3.05, 3.63) is 70.8 Å². The molecular formula is C20H21NO4. The summed E-state index contributed by atoms with van der Waals surface area (Å²) in [4.78, 5) is 26.9. The van der Waals surface area contributed by atoms with E-state index in [1.807, 2.05) is 31.2 Å². The third-order valence-electron chi connectivity index (χ3n) is 4.75. The highest BCUT2D eigenvalue weighted by Crippen LogP contribution is 2.43. The molecule has 0 bridgehead atoms. The van der Waals surface area contributed by atoms with Crippen LogP contribution in [0.25, 0.3) is 0 Å². The second kappa shape index (κ2) is 7.07. The van der Waals surface area contributed by atoms with Gasteiger partial charge in [-0.2, -0.15) is 0 Å². The van der Waals surface area contributed by atoms with E-state index < -0.39 is 17.9 Å². The molecule has 0 radical (unpaired) electrons. The van der Waals surface area contributed by atoms with Crippen LogP contribution in [-0.2, 0) is 9.53 Å². The molecule has 1 heterocycles. The van der Waals surface area contributed by atoms with Crippen LogP contribution < -0.4 is 0 Å². The zero-order valence-electron chi connectivity index (χ0n) is 14.3. The quantitative estimate of drug-likeness (QED) is 0.909. The van der Waals surface area contributed by atoms with Crippen molar-refractivity contribution in [1.82, 2.24) is 4.90 Å². The van der Waals surface area contributed by atoms with Gasteiger partial charge in [-0.25, -0.2) is 0 Å². The second-order valence-corrected chi connectivity index (χ2v) is 6.20. The maximum Gasteiger partial charge on any atom is 0.313 e. The van der Waals surface area contributed by atoms with Gasteiger partial charge in [0.15, 0.2) is 0 Å². The van der Waals surface area contributed by atoms with Gasteiger partial charge in [-0.05, 0) is 29.7 Å². The van der Waals surface area contributed by atoms with Crippen LogP contribution in [0, 0.1) is 6.92 Å². The number of rotatable bonds is 5. The predicted octanol–water partition coefficient (Wildman–Crippen LogP) is 3.01. The highest BCUT2D eigenvalue weighted by molar-refractivity contribution is 6.00. The van der Waals surface area contributed by atoms with E-state index in [0.29, 0.717) is 24.3 Å². The van der Waals surface area contributed by atoms with Gasteiger partial charge in [-0.15, -0.1) is 0 Å². The Labute approximate surface area is 146 Å². The van der Waals surface area contributed by atoms with Gasteiger partial charge in [-0.3, -0.25) is 9.59 Å². The number of hydrogen-bond donors (Lipinski definition) is 1. The van der Waals surface area contributed by atoms with Gasteiger partial charge in [0.1, 0.15) is 5.92 Å². The fourth-order valence-corrected chi connectivity index (χ4v) is 3.56. The molecule has 5 heteroatoms. The summed E-state index contributed by atoms with van der Waals surface area (Å²) < 4.78 is 5.15. The Bertz CT molecular complexity index is 802. The van der Waals surface area contributed by atoms with Crippen LogP contribution in [-0.4, -0.2) is 42.1 Å². The number of benzene rings is 2. The second-order valence-electron chi connectivity index (χ2n) is 6.20. The van der Waals surface area contributed by atoms with Gasteiger partial charge in [-0.1, -0.05) is 42.5 Å². The molecule has 0 aliphatic carbocycles. The minimum Gasteiger partial charge on any atom is -0.481 e. The number of ether oxygens (including phenoxy) is 1. The Kier molecular flexibility index (Phi) is 4.86. The zero-order valence-corrected chi connectivity index (χ0v) is 14.3. The molecule has 1 N–H and O–H groups in total. The van der Waals surface area contributed by atoms with Crippen LogP contribution in [0.4, 0.5) is 0 Å². The van der Waals surface area contributed by atoms with Gasteiger partial charge in [0.05, 0.1) is 12.6 Å². The normalized spacial score (nSPS) is 19.6. The first-order valence-electron chi connectivity index (χ1n) is 8.23. The van der Waals surface area contributed by atoms with Crippen LogP contribution in [0.15, 0.2) is 48.5 Å². The number of fused-ring (bicyclic) bond motifs is 1. The first-order valence-corrected chi connectivity index (χ1v) is 8.23. The lowest BCUT2D eigenvalue weighted by Gasteiger charge is -2.41. The highest BCUT2D eigenvalue weighted by atomic mass is 16.5. The molecule has 2 atom stereocenters. The smallest absolute Gasteiger partial charge is 0.313 e. The van der Waals surface area contributed by atoms with Crippen LogP contribution >= 0.6 is 0 Å². The fraction of sp³-hybridized carbons (Fsp3) is 0.300. The molecule has 2 aromatic rings. The molecule has 1 amide bonds. The van der Waals surface area contributed by atoms with Crippen molar-refractivity contribution in [2.75, 3.05) is 20.3 Å². The fourth-order valence-electron chi connectivity index (χ4n) is 3.56. The molecule has 3 rings (SSSR count). The number of amides is 1. The van der Waals surface area contributed by atoms with Gasteiger partial charge in [0.2, 0.25) is 0 Å². The molecular weight excluding hydrogens is 318 g/mol. The van der Waals surface area contributed by atoms with Crippen molar-refractivity contribution in [2.24, 2.45) is 0 Å². The SMILES string of the molecule is COCCN1C(=O)c2ccccc2[C@H](C(=O)O)[C@@H]1c1ccccc1C. The number of carboxylic acid groups (broad SMARTS) is 1. The number of carbonyl (C=O) groups excluding carboxylic acids is 1. The summed E-state index contributed by atoms with van der Waals surface area (Å²) in [6.07, 6.45) is 0. The van der Waals surface area contributed by atoms with Gasteiger partial charge < -0.3 is 14.7 Å². The highest BCUT2D eigenvalue weighted by Gasteiger charge is 2.44. The minimum absolute atomic E-state index is 0.154. The van der Waals surface area contributed by atoms with Crippen LogP contribution in [0.2, 0.25) is 0 Å². The van der Waals surface area contributed by atoms with Crippen LogP contribution in [0.3, 0.4) is 0 Å². The number of aliphatic carboxylic acids is 1. The Balaban J connectivity index is 2.21. The number of carbonyl (C=O) groups is 2. The molecule has 0 saturated carbocycles. The predicted molar refractivity (Wildman–Crippen MR) is 93.7 cm³/mol. The molecule has 0 saturated heterocycles. The minimum atomic E-state index is -0.935. The van der Waals surface area contributed by atoms with E-state index in [1.165, 1.54) is 0 Å². The summed E-state index contributed by atoms with van der Waals surface area (Å²) >= 11 is 0. The molecule has 0 spiro atoms. The number of carboxylic acids is 1. The first kappa shape index (κ1) is 17.2. The van der Waals surface area contributed by atoms with Crippen molar-refractivity contribution < 1.29 is 19.4 Å². The molecule has 0 aromatic heterocycles. The monoisotopic (exact) mass is 339 g/mol. The maximum absolute atomic E-state index is 13.1. The average Bonchev–Trinajstić information content (AvgIpc) is 2.61. The van der Waals surface area contributed by atoms with E-state index in [2.05, 4.69) is 0 Å². The largest absolute Gasteiger partial charge is 0.481 e. The van der Waals surface area contributed by atoms with E-state index >= 15 is 0 Å². The van der Waals surface area contributed by atoms with Crippen molar-refractivity contribution in [3.8, 4) is 0 Å². The van der Waals surface area contributed by atoms with Crippen molar-refractivity contribution >= 4 is 11.9 Å². The summed E-state index contributed by atoms with van der Waals surface area (Å²) in [6, 6.07) is 14.0. The van der Waals surface area contributed by atoms with Gasteiger partial charge in [0.25, 0.3) is 5.91 Å². The lowest BCUT2D eigenvalue weighted by atomic mass is 9.78. The summed E-state index contributed by atoms with van der Waals surface area (Å²) in [7, 11) is 1.57. The molecule has 0 unspecified atom stereocenters. The van der Waals surface area contributed by atoms with E-state index in [0.717, 1.165) is 11.1 Å². The van der Waals surface area contributed by atoms with Crippen molar-refractivity contribution in [1.29, 1.82) is 0 Å². The van der Waals surface area contributed by atoms with Gasteiger partial charge >= 0.3 is 5.97 Å². The Morgan fingerprint density at radius 1 is 1.12 bits per heavy atom. The molecule has 1 aliphatic rings. The third kappa shape index (κ3) is 3.03. The number of hydrogen-bond acceptors (Lipinski definition) is 3. The molecule has 0 fully saturated rings. The number of methoxy groups -OCH3 is 1. The van der Waals surface area contributed by atoms with Crippen LogP contribution in [0.1, 0.15) is 39.0 Å². The summed E-state index contributed by atoms with van der Waals surface area (Å²) in [5.74, 6) is -1.90. The van der Waals surface area contributed by atoms with E-state index in [4.69, 9.17) is 4.74 Å². The third-order valence-corrected chi connectivity index (χ3v) is 4.75. The zero-order chi connectivity index (χ0) is 18.0. The Morgan fingerprint density at radius 3 is 2.40 bits per heavy atom. The van der Waals surface area contributed by atoms with Crippen molar-refractivity contribution in [3.63, 3.8) is 0 Å². The van der Waals surface area contributed by atoms with E-state index in [1.54, 1.807) is 36.3 Å². The van der Waals surface area contributed by atoms with Crippen molar-refractivity contribution in [2.45, 2.75) is 18.9 Å². The summed E-state index contributed by atoms with van der Waals surface area (Å²) in [6.45, 7) is 2.63. The van der Waals surface area contributed by atoms with Crippen LogP contribution in [0.5, 0.6) is 0 Å². The van der Waals surface area contributed by atoms with E-state index in [9.17, 15) is 14.7 Å². The number of aryl methyl sites for hydroxylation is 1. The lowest BCUT2D eigenvalue weighted by Crippen LogP contribution is -2.46. The molecule has 1 aliphatic heterocycles. The summed E-state index contributed by atoms with van der Waals surface area (Å²) in [5.41, 5.74) is 2.85. The standard InChI is InChI=1S/C20H21NO4/c1-13-7-3-4-8-14(13)18-17(20(23)24)15-9-5-6-10-16(15)19(22)21(18)11-12-25-2/h3-10,17-18H,11-12H2,1-2H3,(H,23,24)/t17-,18-/m0/s1.